The number of hydrogen-bond donors (Lipinski definition) is 0. The highest BCUT2D eigenvalue weighted by molar-refractivity contribution is 5.05. The molecular weight excluding hydrogens is 282 g/mol. The first-order valence-electron chi connectivity index (χ1n) is 8.08. The van der Waals surface area contributed by atoms with E-state index in [2.05, 4.69) is 32.1 Å². The largest absolute Gasteiger partial charge is 0.339 e. The number of aromatic nitrogens is 4. The predicted octanol–water partition coefficient (Wildman–Crippen LogP) is 2.58. The summed E-state index contributed by atoms with van der Waals surface area (Å²) in [6.07, 6.45) is 4.44. The van der Waals surface area contributed by atoms with Gasteiger partial charge in [-0.25, -0.2) is 0 Å². The Morgan fingerprint density at radius 3 is 2.41 bits per heavy atom. The fraction of sp³-hybridized carbons (Fsp3) is 0.733. The monoisotopic (exact) mass is 303 g/mol. The van der Waals surface area contributed by atoms with Crippen molar-refractivity contribution < 1.29 is 9.05 Å². The van der Waals surface area contributed by atoms with E-state index in [4.69, 9.17) is 9.05 Å². The van der Waals surface area contributed by atoms with E-state index >= 15 is 0 Å². The van der Waals surface area contributed by atoms with Crippen molar-refractivity contribution >= 4 is 0 Å². The minimum Gasteiger partial charge on any atom is -0.339 e. The van der Waals surface area contributed by atoms with Gasteiger partial charge in [-0.3, -0.25) is 4.90 Å². The van der Waals surface area contributed by atoms with Gasteiger partial charge in [0.2, 0.25) is 11.8 Å². The zero-order valence-corrected chi connectivity index (χ0v) is 13.0. The Kier molecular flexibility index (Phi) is 3.44. The van der Waals surface area contributed by atoms with Gasteiger partial charge in [0.15, 0.2) is 11.6 Å². The SMILES string of the molecule is Cc1noc(C2CCN([C@H](C)c3nc(C4CC4)no3)CC2)n1. The maximum atomic E-state index is 5.45. The molecule has 0 radical (unpaired) electrons. The average Bonchev–Trinajstić information content (AvgIpc) is 3.11. The highest BCUT2D eigenvalue weighted by Gasteiger charge is 2.32. The maximum Gasteiger partial charge on any atom is 0.243 e. The van der Waals surface area contributed by atoms with Crippen molar-refractivity contribution in [3.05, 3.63) is 23.4 Å². The van der Waals surface area contributed by atoms with E-state index in [0.29, 0.717) is 17.7 Å². The first-order valence-corrected chi connectivity index (χ1v) is 8.08. The number of nitrogens with zero attached hydrogens (tertiary/aromatic N) is 5. The number of likely N-dealkylation sites (tertiary alicyclic amines) is 1. The highest BCUT2D eigenvalue weighted by atomic mass is 16.5. The van der Waals surface area contributed by atoms with Gasteiger partial charge < -0.3 is 9.05 Å². The van der Waals surface area contributed by atoms with Crippen LogP contribution in [0.4, 0.5) is 0 Å². The van der Waals surface area contributed by atoms with E-state index in [1.165, 1.54) is 12.8 Å². The molecule has 0 unspecified atom stereocenters. The molecule has 1 saturated heterocycles. The smallest absolute Gasteiger partial charge is 0.243 e. The van der Waals surface area contributed by atoms with Crippen LogP contribution >= 0.6 is 0 Å². The predicted molar refractivity (Wildman–Crippen MR) is 77.3 cm³/mol. The lowest BCUT2D eigenvalue weighted by Gasteiger charge is -2.33. The van der Waals surface area contributed by atoms with Crippen LogP contribution in [0.3, 0.4) is 0 Å². The Bertz CT molecular complexity index is 640. The third kappa shape index (κ3) is 2.65. The summed E-state index contributed by atoms with van der Waals surface area (Å²) in [4.78, 5) is 11.3. The Labute approximate surface area is 129 Å². The van der Waals surface area contributed by atoms with Crippen molar-refractivity contribution in [2.45, 2.75) is 57.4 Å². The van der Waals surface area contributed by atoms with Crippen molar-refractivity contribution in [3.63, 3.8) is 0 Å². The van der Waals surface area contributed by atoms with E-state index < -0.39 is 0 Å². The Hall–Kier alpha value is -1.76. The molecule has 118 valence electrons. The molecule has 1 aliphatic heterocycles. The second kappa shape index (κ2) is 5.46. The lowest BCUT2D eigenvalue weighted by atomic mass is 9.96. The zero-order chi connectivity index (χ0) is 15.1. The molecule has 0 bridgehead atoms. The maximum absolute atomic E-state index is 5.45. The molecule has 2 aromatic heterocycles. The minimum atomic E-state index is 0.172. The van der Waals surface area contributed by atoms with Gasteiger partial charge in [-0.05, 0) is 52.6 Å². The summed E-state index contributed by atoms with van der Waals surface area (Å²) in [7, 11) is 0. The second-order valence-electron chi connectivity index (χ2n) is 6.43. The minimum absolute atomic E-state index is 0.172. The molecule has 7 nitrogen and oxygen atoms in total. The van der Waals surface area contributed by atoms with Gasteiger partial charge in [0.1, 0.15) is 0 Å². The van der Waals surface area contributed by atoms with Crippen LogP contribution in [0.1, 0.15) is 73.9 Å². The molecule has 1 aliphatic carbocycles. The molecule has 1 atom stereocenters. The van der Waals surface area contributed by atoms with Crippen LogP contribution in [0.2, 0.25) is 0 Å². The van der Waals surface area contributed by atoms with Gasteiger partial charge in [-0.15, -0.1) is 0 Å². The molecule has 1 saturated carbocycles. The summed E-state index contributed by atoms with van der Waals surface area (Å²) in [6, 6.07) is 0.172. The fourth-order valence-electron chi connectivity index (χ4n) is 3.09. The van der Waals surface area contributed by atoms with Crippen LogP contribution in [0.5, 0.6) is 0 Å². The molecule has 3 heterocycles. The molecule has 0 aromatic carbocycles. The van der Waals surface area contributed by atoms with E-state index in [-0.39, 0.29) is 6.04 Å². The van der Waals surface area contributed by atoms with Gasteiger partial charge >= 0.3 is 0 Å². The Morgan fingerprint density at radius 1 is 1.00 bits per heavy atom. The number of rotatable bonds is 4. The summed E-state index contributed by atoms with van der Waals surface area (Å²) >= 11 is 0. The van der Waals surface area contributed by atoms with Crippen molar-refractivity contribution in [2.24, 2.45) is 0 Å². The van der Waals surface area contributed by atoms with E-state index in [0.717, 1.165) is 43.5 Å². The molecule has 4 rings (SSSR count). The molecule has 0 amide bonds. The van der Waals surface area contributed by atoms with Crippen molar-refractivity contribution in [3.8, 4) is 0 Å². The van der Waals surface area contributed by atoms with Crippen LogP contribution in [0.15, 0.2) is 9.05 Å². The molecule has 0 N–H and O–H groups in total. The summed E-state index contributed by atoms with van der Waals surface area (Å²) in [6.45, 7) is 5.96. The molecular formula is C15H21N5O2. The molecule has 22 heavy (non-hydrogen) atoms. The Morgan fingerprint density at radius 2 is 1.77 bits per heavy atom. The third-order valence-electron chi connectivity index (χ3n) is 4.73. The highest BCUT2D eigenvalue weighted by Crippen LogP contribution is 2.39. The summed E-state index contributed by atoms with van der Waals surface area (Å²) in [5, 5.41) is 8.00. The van der Waals surface area contributed by atoms with E-state index in [9.17, 15) is 0 Å². The average molecular weight is 303 g/mol. The zero-order valence-electron chi connectivity index (χ0n) is 13.0. The van der Waals surface area contributed by atoms with Crippen molar-refractivity contribution in [2.75, 3.05) is 13.1 Å². The Balaban J connectivity index is 1.37. The van der Waals surface area contributed by atoms with Crippen LogP contribution in [-0.4, -0.2) is 38.3 Å². The van der Waals surface area contributed by atoms with Crippen LogP contribution in [0, 0.1) is 6.92 Å². The number of aryl methyl sites for hydroxylation is 1. The van der Waals surface area contributed by atoms with Crippen LogP contribution in [-0.2, 0) is 0 Å². The first kappa shape index (κ1) is 13.9. The fourth-order valence-corrected chi connectivity index (χ4v) is 3.09. The molecule has 2 fully saturated rings. The topological polar surface area (TPSA) is 81.1 Å². The first-order chi connectivity index (χ1) is 10.7. The standard InChI is InChI=1S/C15H21N5O2/c1-9(14-17-13(19-21-14)11-3-4-11)20-7-5-12(6-8-20)15-16-10(2)18-22-15/h9,11-12H,3-8H2,1-2H3/t9-/m1/s1. The lowest BCUT2D eigenvalue weighted by Crippen LogP contribution is -2.35. The lowest BCUT2D eigenvalue weighted by molar-refractivity contribution is 0.128. The molecule has 0 spiro atoms. The van der Waals surface area contributed by atoms with Crippen LogP contribution in [0.25, 0.3) is 0 Å². The van der Waals surface area contributed by atoms with Gasteiger partial charge in [0, 0.05) is 11.8 Å². The molecule has 2 aromatic rings. The van der Waals surface area contributed by atoms with Crippen LogP contribution < -0.4 is 0 Å². The van der Waals surface area contributed by atoms with Crippen molar-refractivity contribution in [1.29, 1.82) is 0 Å². The van der Waals surface area contributed by atoms with E-state index in [1.807, 2.05) is 6.92 Å². The van der Waals surface area contributed by atoms with Gasteiger partial charge in [-0.1, -0.05) is 10.3 Å². The van der Waals surface area contributed by atoms with Crippen molar-refractivity contribution in [1.82, 2.24) is 25.2 Å². The second-order valence-corrected chi connectivity index (χ2v) is 6.43. The third-order valence-corrected chi connectivity index (χ3v) is 4.73. The number of hydrogen-bond acceptors (Lipinski definition) is 7. The van der Waals surface area contributed by atoms with Gasteiger partial charge in [-0.2, -0.15) is 9.97 Å². The normalized spacial score (nSPS) is 22.1. The van der Waals surface area contributed by atoms with E-state index in [1.54, 1.807) is 0 Å². The van der Waals surface area contributed by atoms with Gasteiger partial charge in [0.25, 0.3) is 0 Å². The summed E-state index contributed by atoms with van der Waals surface area (Å²) in [5.74, 6) is 4.03. The summed E-state index contributed by atoms with van der Waals surface area (Å²) in [5.41, 5.74) is 0. The molecule has 2 aliphatic rings. The summed E-state index contributed by atoms with van der Waals surface area (Å²) < 4.78 is 10.8. The molecule has 7 heteroatoms. The number of piperidine rings is 1. The quantitative estimate of drug-likeness (QED) is 0.858. The van der Waals surface area contributed by atoms with Gasteiger partial charge in [0.05, 0.1) is 6.04 Å².